The van der Waals surface area contributed by atoms with E-state index in [0.29, 0.717) is 38.0 Å². The number of nitrogens with one attached hydrogen (secondary N) is 1. The van der Waals surface area contributed by atoms with Gasteiger partial charge in [-0.25, -0.2) is 4.68 Å². The first-order valence-corrected chi connectivity index (χ1v) is 9.80. The molecule has 10 heteroatoms. The van der Waals surface area contributed by atoms with Crippen molar-refractivity contribution in [2.45, 2.75) is 17.3 Å². The van der Waals surface area contributed by atoms with Crippen LogP contribution in [0.4, 0.5) is 5.69 Å². The smallest absolute Gasteiger partial charge is 0.237 e. The standard InChI is InChI=1S/C18H17Cl2N5O2S/c1-10(17(26)22-14-5-3-4-6-15(14)27-2)28-18-24-23-16(25(18)21)12-9-11(19)7-8-13(12)20/h3-10H,21H2,1-2H3,(H,22,26). The average Bonchev–Trinajstić information content (AvgIpc) is 3.04. The van der Waals surface area contributed by atoms with Gasteiger partial charge in [-0.3, -0.25) is 4.79 Å². The molecule has 3 aromatic rings. The van der Waals surface area contributed by atoms with Gasteiger partial charge in [0.2, 0.25) is 11.1 Å². The zero-order valence-electron chi connectivity index (χ0n) is 15.0. The van der Waals surface area contributed by atoms with Crippen molar-refractivity contribution in [2.75, 3.05) is 18.3 Å². The summed E-state index contributed by atoms with van der Waals surface area (Å²) >= 11 is 13.4. The molecular weight excluding hydrogens is 421 g/mol. The largest absolute Gasteiger partial charge is 0.495 e. The van der Waals surface area contributed by atoms with Crippen molar-refractivity contribution in [1.29, 1.82) is 0 Å². The van der Waals surface area contributed by atoms with Crippen LogP contribution >= 0.6 is 35.0 Å². The van der Waals surface area contributed by atoms with Crippen LogP contribution in [0.1, 0.15) is 6.92 Å². The number of aromatic nitrogens is 3. The lowest BCUT2D eigenvalue weighted by Gasteiger charge is -2.13. The lowest BCUT2D eigenvalue weighted by Crippen LogP contribution is -2.24. The van der Waals surface area contributed by atoms with E-state index in [0.717, 1.165) is 0 Å². The van der Waals surface area contributed by atoms with E-state index in [2.05, 4.69) is 15.5 Å². The summed E-state index contributed by atoms with van der Waals surface area (Å²) < 4.78 is 6.53. The number of nitrogen functional groups attached to an aromatic ring is 1. The minimum Gasteiger partial charge on any atom is -0.495 e. The number of benzene rings is 2. The van der Waals surface area contributed by atoms with Gasteiger partial charge in [0.15, 0.2) is 5.82 Å². The van der Waals surface area contributed by atoms with E-state index in [1.54, 1.807) is 44.4 Å². The van der Waals surface area contributed by atoms with Gasteiger partial charge in [0.1, 0.15) is 5.75 Å². The fourth-order valence-electron chi connectivity index (χ4n) is 2.40. The van der Waals surface area contributed by atoms with Gasteiger partial charge in [-0.15, -0.1) is 10.2 Å². The predicted octanol–water partition coefficient (Wildman–Crippen LogP) is 4.09. The number of ether oxygens (including phenoxy) is 1. The van der Waals surface area contributed by atoms with Crippen LogP contribution in [-0.4, -0.2) is 33.1 Å². The molecule has 1 amide bonds. The molecule has 0 saturated carbocycles. The number of para-hydroxylation sites is 2. The van der Waals surface area contributed by atoms with E-state index >= 15 is 0 Å². The molecule has 0 bridgehead atoms. The minimum atomic E-state index is -0.487. The summed E-state index contributed by atoms with van der Waals surface area (Å²) in [5.74, 6) is 6.83. The van der Waals surface area contributed by atoms with Crippen LogP contribution in [-0.2, 0) is 4.79 Å². The number of thioether (sulfide) groups is 1. The minimum absolute atomic E-state index is 0.222. The molecule has 0 aliphatic heterocycles. The highest BCUT2D eigenvalue weighted by Crippen LogP contribution is 2.32. The third-order valence-corrected chi connectivity index (χ3v) is 5.47. The first-order valence-electron chi connectivity index (χ1n) is 8.17. The Morgan fingerprint density at radius 3 is 2.75 bits per heavy atom. The van der Waals surface area contributed by atoms with E-state index in [-0.39, 0.29) is 5.91 Å². The maximum absolute atomic E-state index is 12.5. The van der Waals surface area contributed by atoms with Gasteiger partial charge < -0.3 is 15.9 Å². The predicted molar refractivity (Wildman–Crippen MR) is 113 cm³/mol. The molecule has 1 atom stereocenters. The summed E-state index contributed by atoms with van der Waals surface area (Å²) in [5, 5.41) is 11.8. The second-order valence-corrected chi connectivity index (χ2v) is 7.90. The van der Waals surface area contributed by atoms with Crippen molar-refractivity contribution in [1.82, 2.24) is 14.9 Å². The Balaban J connectivity index is 1.76. The Kier molecular flexibility index (Phi) is 6.33. The molecule has 28 heavy (non-hydrogen) atoms. The lowest BCUT2D eigenvalue weighted by atomic mass is 10.2. The van der Waals surface area contributed by atoms with Crippen molar-refractivity contribution >= 4 is 46.6 Å². The van der Waals surface area contributed by atoms with E-state index in [9.17, 15) is 4.79 Å². The first kappa shape index (κ1) is 20.3. The fourth-order valence-corrected chi connectivity index (χ4v) is 3.55. The van der Waals surface area contributed by atoms with Crippen LogP contribution in [0, 0.1) is 0 Å². The molecule has 1 aromatic heterocycles. The number of halogens is 2. The van der Waals surface area contributed by atoms with Crippen molar-refractivity contribution < 1.29 is 9.53 Å². The van der Waals surface area contributed by atoms with E-state index < -0.39 is 5.25 Å². The summed E-state index contributed by atoms with van der Waals surface area (Å²) in [6.45, 7) is 1.75. The average molecular weight is 438 g/mol. The molecule has 2 aromatic carbocycles. The number of anilines is 1. The third kappa shape index (κ3) is 4.35. The highest BCUT2D eigenvalue weighted by molar-refractivity contribution is 8.00. The highest BCUT2D eigenvalue weighted by atomic mass is 35.5. The Morgan fingerprint density at radius 1 is 1.25 bits per heavy atom. The molecule has 0 spiro atoms. The van der Waals surface area contributed by atoms with Crippen molar-refractivity contribution in [3.05, 3.63) is 52.5 Å². The van der Waals surface area contributed by atoms with Gasteiger partial charge in [0, 0.05) is 10.6 Å². The highest BCUT2D eigenvalue weighted by Gasteiger charge is 2.21. The number of carbonyl (C=O) groups is 1. The number of methoxy groups -OCH3 is 1. The molecule has 1 heterocycles. The first-order chi connectivity index (χ1) is 13.4. The summed E-state index contributed by atoms with van der Waals surface area (Å²) in [7, 11) is 1.54. The normalized spacial score (nSPS) is 11.9. The maximum Gasteiger partial charge on any atom is 0.237 e. The van der Waals surface area contributed by atoms with Crippen LogP contribution in [0.5, 0.6) is 5.75 Å². The van der Waals surface area contributed by atoms with Gasteiger partial charge >= 0.3 is 0 Å². The molecule has 0 fully saturated rings. The number of rotatable bonds is 6. The second-order valence-electron chi connectivity index (χ2n) is 5.75. The number of nitrogens with zero attached hydrogens (tertiary/aromatic N) is 3. The summed E-state index contributed by atoms with van der Waals surface area (Å²) in [6.07, 6.45) is 0. The van der Waals surface area contributed by atoms with E-state index in [1.807, 2.05) is 12.1 Å². The maximum atomic E-state index is 12.5. The van der Waals surface area contributed by atoms with Gasteiger partial charge in [0.05, 0.1) is 23.1 Å². The van der Waals surface area contributed by atoms with Gasteiger partial charge in [-0.05, 0) is 37.3 Å². The Bertz CT molecular complexity index is 1010. The Hall–Kier alpha value is -2.42. The lowest BCUT2D eigenvalue weighted by molar-refractivity contribution is -0.115. The van der Waals surface area contributed by atoms with Crippen molar-refractivity contribution in [3.63, 3.8) is 0 Å². The molecule has 0 aliphatic carbocycles. The Labute approximate surface area is 176 Å². The zero-order chi connectivity index (χ0) is 20.3. The van der Waals surface area contributed by atoms with Crippen LogP contribution in [0.3, 0.4) is 0 Å². The molecule has 0 radical (unpaired) electrons. The number of carbonyl (C=O) groups excluding carboxylic acids is 1. The van der Waals surface area contributed by atoms with E-state index in [4.69, 9.17) is 33.8 Å². The molecule has 0 aliphatic rings. The fraction of sp³-hybridized carbons (Fsp3) is 0.167. The van der Waals surface area contributed by atoms with Crippen LogP contribution in [0.25, 0.3) is 11.4 Å². The number of nitrogens with two attached hydrogens (primary N) is 1. The zero-order valence-corrected chi connectivity index (χ0v) is 17.3. The van der Waals surface area contributed by atoms with Crippen LogP contribution in [0.15, 0.2) is 47.6 Å². The summed E-state index contributed by atoms with van der Waals surface area (Å²) in [5.41, 5.74) is 1.14. The van der Waals surface area contributed by atoms with Crippen LogP contribution < -0.4 is 15.9 Å². The molecule has 146 valence electrons. The van der Waals surface area contributed by atoms with Crippen molar-refractivity contribution in [3.8, 4) is 17.1 Å². The van der Waals surface area contributed by atoms with Crippen molar-refractivity contribution in [2.24, 2.45) is 0 Å². The Morgan fingerprint density at radius 2 is 2.00 bits per heavy atom. The topological polar surface area (TPSA) is 95.1 Å². The monoisotopic (exact) mass is 437 g/mol. The number of hydrogen-bond donors (Lipinski definition) is 2. The molecular formula is C18H17Cl2N5O2S. The SMILES string of the molecule is COc1ccccc1NC(=O)C(C)Sc1nnc(-c2cc(Cl)ccc2Cl)n1N. The molecule has 7 nitrogen and oxygen atoms in total. The third-order valence-electron chi connectivity index (χ3n) is 3.85. The second kappa shape index (κ2) is 8.72. The van der Waals surface area contributed by atoms with Gasteiger partial charge in [-0.2, -0.15) is 0 Å². The van der Waals surface area contributed by atoms with E-state index in [1.165, 1.54) is 16.4 Å². The molecule has 0 saturated heterocycles. The quantitative estimate of drug-likeness (QED) is 0.445. The van der Waals surface area contributed by atoms with Gasteiger partial charge in [0.25, 0.3) is 0 Å². The van der Waals surface area contributed by atoms with Gasteiger partial charge in [-0.1, -0.05) is 47.1 Å². The van der Waals surface area contributed by atoms with Crippen LogP contribution in [0.2, 0.25) is 10.0 Å². The molecule has 1 unspecified atom stereocenters. The summed E-state index contributed by atoms with van der Waals surface area (Å²) in [6, 6.07) is 12.2. The summed E-state index contributed by atoms with van der Waals surface area (Å²) in [4.78, 5) is 12.5. The molecule has 3 N–H and O–H groups in total. The number of amides is 1. The molecule has 3 rings (SSSR count). The number of hydrogen-bond acceptors (Lipinski definition) is 6.